The number of pyridine rings is 3. The molecule has 0 saturated carbocycles. The van der Waals surface area contributed by atoms with Crippen molar-refractivity contribution in [2.75, 3.05) is 0 Å². The predicted octanol–water partition coefficient (Wildman–Crippen LogP) is 1.95. The Kier molecular flexibility index (Phi) is 18.5. The van der Waals surface area contributed by atoms with E-state index in [-0.39, 0.29) is 28.0 Å². The molecule has 3 rings (SSSR count). The van der Waals surface area contributed by atoms with Gasteiger partial charge in [-0.2, -0.15) is 0 Å². The van der Waals surface area contributed by atoms with E-state index in [1.165, 1.54) is 5.34 Å². The summed E-state index contributed by atoms with van der Waals surface area (Å²) in [5.41, 5.74) is 3.46. The molecule has 0 saturated heterocycles. The van der Waals surface area contributed by atoms with Crippen molar-refractivity contribution >= 4 is 0 Å². The van der Waals surface area contributed by atoms with Gasteiger partial charge in [0.05, 0.1) is 22.8 Å². The standard InChI is InChI=1S/C15H11N3.Cu.2HNO2.2H2O/c1-3-10-16-12(6-1)14-8-5-9-15(18-14)13-7-2-4-11-17-13;;2*2-1-3;;/h1-11H;;2*(H,2,3);2*1H2/q;+1;;;;/p-1. The molecule has 0 spiro atoms. The number of aromatic nitrogens is 3. The Labute approximate surface area is 164 Å². The van der Waals surface area contributed by atoms with Gasteiger partial charge in [0.1, 0.15) is 0 Å². The number of hydrogen-bond donors (Lipinski definition) is 1. The molecule has 27 heavy (non-hydrogen) atoms. The van der Waals surface area contributed by atoms with Crippen molar-refractivity contribution in [2.24, 2.45) is 10.7 Å². The summed E-state index contributed by atoms with van der Waals surface area (Å²) in [6.45, 7) is 0. The van der Waals surface area contributed by atoms with E-state index in [2.05, 4.69) is 15.0 Å². The molecule has 0 fully saturated rings. The van der Waals surface area contributed by atoms with Crippen LogP contribution in [-0.2, 0) is 17.1 Å². The molecule has 3 heterocycles. The van der Waals surface area contributed by atoms with Gasteiger partial charge in [-0.1, -0.05) is 18.2 Å². The zero-order valence-electron chi connectivity index (χ0n) is 13.6. The minimum atomic E-state index is 0. The van der Waals surface area contributed by atoms with Gasteiger partial charge in [0.2, 0.25) is 0 Å². The fraction of sp³-hybridized carbons (Fsp3) is 0. The van der Waals surface area contributed by atoms with Crippen molar-refractivity contribution in [2.45, 2.75) is 0 Å². The molecule has 3 aromatic heterocycles. The van der Waals surface area contributed by atoms with Crippen LogP contribution in [0.3, 0.4) is 0 Å². The number of rotatable bonds is 2. The second-order valence-corrected chi connectivity index (χ2v) is 3.99. The summed E-state index contributed by atoms with van der Waals surface area (Å²) in [7, 11) is 0. The molecule has 0 bridgehead atoms. The first-order valence-corrected chi connectivity index (χ1v) is 6.48. The maximum Gasteiger partial charge on any atom is 1.00 e. The summed E-state index contributed by atoms with van der Waals surface area (Å²) in [5, 5.41) is 16.9. The summed E-state index contributed by atoms with van der Waals surface area (Å²) < 4.78 is 0. The van der Waals surface area contributed by atoms with Crippen LogP contribution in [-0.4, -0.2) is 31.1 Å². The molecule has 12 heteroatoms. The Morgan fingerprint density at radius 3 is 1.37 bits per heavy atom. The van der Waals surface area contributed by atoms with E-state index in [1.807, 2.05) is 54.6 Å². The van der Waals surface area contributed by atoms with Gasteiger partial charge < -0.3 is 26.3 Å². The van der Waals surface area contributed by atoms with Crippen LogP contribution in [0, 0.1) is 15.0 Å². The molecule has 0 aliphatic rings. The van der Waals surface area contributed by atoms with Crippen molar-refractivity contribution in [3.8, 4) is 22.8 Å². The average Bonchev–Trinajstić information content (AvgIpc) is 2.65. The molecule has 3 aromatic rings. The van der Waals surface area contributed by atoms with Crippen LogP contribution in [0.25, 0.3) is 22.8 Å². The molecule has 0 radical (unpaired) electrons. The zero-order chi connectivity index (χ0) is 17.6. The largest absolute Gasteiger partial charge is 1.00 e. The van der Waals surface area contributed by atoms with Crippen LogP contribution in [0.4, 0.5) is 0 Å². The average molecular weight is 426 g/mol. The molecule has 0 atom stereocenters. The Hall–Kier alpha value is -3.31. The predicted molar refractivity (Wildman–Crippen MR) is 94.7 cm³/mol. The molecule has 5 N–H and O–H groups in total. The van der Waals surface area contributed by atoms with Gasteiger partial charge in [0, 0.05) is 12.4 Å². The van der Waals surface area contributed by atoms with Gasteiger partial charge in [-0.25, -0.2) is 4.98 Å². The third kappa shape index (κ3) is 10.3. The van der Waals surface area contributed by atoms with Crippen molar-refractivity contribution in [1.29, 1.82) is 0 Å². The van der Waals surface area contributed by atoms with Crippen LogP contribution in [0.1, 0.15) is 0 Å². The van der Waals surface area contributed by atoms with E-state index < -0.39 is 0 Å². The van der Waals surface area contributed by atoms with Crippen LogP contribution >= 0.6 is 0 Å². The Balaban J connectivity index is -0.000000573. The molecular weight excluding hydrogens is 410 g/mol. The van der Waals surface area contributed by atoms with Gasteiger partial charge in [0.15, 0.2) is 5.34 Å². The SMILES string of the molecule is O.O.O=NO.O=N[O-].[Cu+].c1ccc(-c2cccc(-c3ccccn3)n2)nc1. The summed E-state index contributed by atoms with van der Waals surface area (Å²) in [6, 6.07) is 17.5. The van der Waals surface area contributed by atoms with Crippen LogP contribution < -0.4 is 0 Å². The maximum atomic E-state index is 8.11. The fourth-order valence-electron chi connectivity index (χ4n) is 1.75. The first-order chi connectivity index (χ1) is 11.8. The zero-order valence-corrected chi connectivity index (χ0v) is 14.5. The third-order valence-electron chi connectivity index (χ3n) is 2.60. The molecule has 0 amide bonds. The van der Waals surface area contributed by atoms with Gasteiger partial charge in [-0.3, -0.25) is 9.97 Å². The number of hydrogen-bond acceptors (Lipinski definition) is 8. The molecule has 0 aliphatic heterocycles. The second-order valence-electron chi connectivity index (χ2n) is 3.99. The summed E-state index contributed by atoms with van der Waals surface area (Å²) in [5.74, 6) is 0. The van der Waals surface area contributed by atoms with E-state index >= 15 is 0 Å². The minimum Gasteiger partial charge on any atom is -0.444 e. The second kappa shape index (κ2) is 17.5. The van der Waals surface area contributed by atoms with Gasteiger partial charge >= 0.3 is 17.1 Å². The Bertz CT molecular complexity index is 691. The molecule has 0 aliphatic carbocycles. The summed E-state index contributed by atoms with van der Waals surface area (Å²) >= 11 is 0. The normalized spacial score (nSPS) is 7.70. The van der Waals surface area contributed by atoms with Crippen molar-refractivity contribution in [3.63, 3.8) is 0 Å². The fourth-order valence-corrected chi connectivity index (χ4v) is 1.75. The van der Waals surface area contributed by atoms with Gasteiger partial charge in [-0.05, 0) is 36.4 Å². The van der Waals surface area contributed by atoms with Crippen LogP contribution in [0.5, 0.6) is 0 Å². The van der Waals surface area contributed by atoms with Crippen molar-refractivity contribution in [3.05, 3.63) is 82.0 Å². The quantitative estimate of drug-likeness (QED) is 0.366. The van der Waals surface area contributed by atoms with Gasteiger partial charge in [0.25, 0.3) is 0 Å². The number of nitrogens with zero attached hydrogens (tertiary/aromatic N) is 5. The van der Waals surface area contributed by atoms with E-state index in [1.54, 1.807) is 12.4 Å². The maximum absolute atomic E-state index is 8.11. The molecule has 11 nitrogen and oxygen atoms in total. The van der Waals surface area contributed by atoms with E-state index in [0.717, 1.165) is 28.1 Å². The monoisotopic (exact) mass is 425 g/mol. The van der Waals surface area contributed by atoms with E-state index in [9.17, 15) is 0 Å². The van der Waals surface area contributed by atoms with E-state index in [4.69, 9.17) is 20.2 Å². The molecular formula is C15H16CuN5O6. The molecule has 148 valence electrons. The molecule has 0 aromatic carbocycles. The summed E-state index contributed by atoms with van der Waals surface area (Å²) in [4.78, 5) is 29.3. The van der Waals surface area contributed by atoms with Crippen molar-refractivity contribution in [1.82, 2.24) is 15.0 Å². The first kappa shape index (κ1) is 28.5. The molecule has 0 unspecified atom stereocenters. The summed E-state index contributed by atoms with van der Waals surface area (Å²) in [6.07, 6.45) is 3.54. The van der Waals surface area contributed by atoms with Gasteiger partial charge in [-0.15, -0.1) is 10.2 Å². The van der Waals surface area contributed by atoms with Crippen LogP contribution in [0.2, 0.25) is 0 Å². The minimum absolute atomic E-state index is 0. The topological polar surface area (TPSA) is 204 Å². The van der Waals surface area contributed by atoms with Crippen molar-refractivity contribution < 1.29 is 33.2 Å². The Morgan fingerprint density at radius 2 is 1.07 bits per heavy atom. The Morgan fingerprint density at radius 1 is 0.741 bits per heavy atom. The smallest absolute Gasteiger partial charge is 0.444 e. The first-order valence-electron chi connectivity index (χ1n) is 6.48. The van der Waals surface area contributed by atoms with Crippen LogP contribution in [0.15, 0.2) is 77.7 Å². The van der Waals surface area contributed by atoms with E-state index in [0.29, 0.717) is 0 Å². The third-order valence-corrected chi connectivity index (χ3v) is 2.60.